The van der Waals surface area contributed by atoms with E-state index >= 15 is 0 Å². The Labute approximate surface area is 154 Å². The molecule has 0 saturated carbocycles. The summed E-state index contributed by atoms with van der Waals surface area (Å²) in [7, 11) is 0. The van der Waals surface area contributed by atoms with Gasteiger partial charge in [-0.05, 0) is 25.3 Å². The van der Waals surface area contributed by atoms with Gasteiger partial charge >= 0.3 is 5.97 Å². The van der Waals surface area contributed by atoms with Gasteiger partial charge < -0.3 is 4.74 Å². The molecule has 0 aliphatic rings. The van der Waals surface area contributed by atoms with Gasteiger partial charge in [0.15, 0.2) is 10.7 Å². The molecule has 24 heavy (non-hydrogen) atoms. The van der Waals surface area contributed by atoms with Gasteiger partial charge in [0, 0.05) is 5.56 Å². The zero-order valence-corrected chi connectivity index (χ0v) is 15.2. The molecule has 1 N–H and O–H groups in total. The predicted octanol–water partition coefficient (Wildman–Crippen LogP) is 3.61. The minimum atomic E-state index is -0.726. The lowest BCUT2D eigenvalue weighted by molar-refractivity contribution is -0.138. The summed E-state index contributed by atoms with van der Waals surface area (Å²) in [6.45, 7) is 1.83. The van der Waals surface area contributed by atoms with E-state index in [-0.39, 0.29) is 12.2 Å². The van der Waals surface area contributed by atoms with Crippen LogP contribution in [0.5, 0.6) is 0 Å². The number of thioether (sulfide) groups is 1. The molecule has 0 unspecified atom stereocenters. The summed E-state index contributed by atoms with van der Waals surface area (Å²) < 4.78 is 4.74. The Morgan fingerprint density at radius 3 is 2.67 bits per heavy atom. The van der Waals surface area contributed by atoms with Crippen molar-refractivity contribution in [3.63, 3.8) is 0 Å². The number of hydrogen-bond donors (Lipinski definition) is 1. The first-order chi connectivity index (χ1) is 11.5. The molecule has 0 amide bonds. The quantitative estimate of drug-likeness (QED) is 0.209. The number of hydrogen-bond acceptors (Lipinski definition) is 6. The number of aliphatic imine (C=N–C) groups is 1. The van der Waals surface area contributed by atoms with E-state index in [4.69, 9.17) is 33.2 Å². The summed E-state index contributed by atoms with van der Waals surface area (Å²) in [5.41, 5.74) is 3.04. The Kier molecular flexibility index (Phi) is 8.94. The molecule has 0 heterocycles. The van der Waals surface area contributed by atoms with Crippen LogP contribution in [0.3, 0.4) is 0 Å². The number of nitrogens with one attached hydrogen (secondary N) is 1. The average Bonchev–Trinajstić information content (AvgIpc) is 2.56. The Hall–Kier alpha value is -2.01. The van der Waals surface area contributed by atoms with Gasteiger partial charge in [-0.25, -0.2) is 9.79 Å². The molecule has 1 rings (SSSR count). The number of hydrazone groups is 1. The highest BCUT2D eigenvalue weighted by Crippen LogP contribution is 2.22. The van der Waals surface area contributed by atoms with Crippen molar-refractivity contribution in [2.45, 2.75) is 6.92 Å². The molecule has 1 aromatic carbocycles. The minimum absolute atomic E-state index is 0.179. The normalized spacial score (nSPS) is 12.1. The lowest BCUT2D eigenvalue weighted by Crippen LogP contribution is -2.13. The van der Waals surface area contributed by atoms with Crippen LogP contribution in [0.1, 0.15) is 12.5 Å². The molecule has 0 aromatic heterocycles. The Balaban J connectivity index is 2.85. The van der Waals surface area contributed by atoms with Crippen molar-refractivity contribution in [1.29, 1.82) is 5.26 Å². The molecule has 0 aliphatic carbocycles. The van der Waals surface area contributed by atoms with E-state index in [2.05, 4.69) is 15.5 Å². The van der Waals surface area contributed by atoms with E-state index in [1.165, 1.54) is 18.0 Å². The fourth-order valence-electron chi connectivity index (χ4n) is 1.37. The standard InChI is InChI=1S/C15H14Cl2N4O2S/c1-3-23-14(22)10(7-18)8-19-15(24-2)21-20-9-11-12(16)5-4-6-13(11)17/h4-6,8-9H,3H2,1-2H3,(H,19,21)/b10-8+,20-9?. The number of ether oxygens (including phenoxy) is 1. The third kappa shape index (κ3) is 6.24. The molecule has 0 saturated heterocycles. The van der Waals surface area contributed by atoms with Crippen LogP contribution in [0.2, 0.25) is 10.0 Å². The molecule has 6 nitrogen and oxygen atoms in total. The number of nitriles is 1. The smallest absolute Gasteiger partial charge is 0.350 e. The highest BCUT2D eigenvalue weighted by Gasteiger charge is 2.09. The van der Waals surface area contributed by atoms with E-state index in [0.29, 0.717) is 20.8 Å². The van der Waals surface area contributed by atoms with Gasteiger partial charge in [0.1, 0.15) is 6.07 Å². The number of carbonyl (C=O) groups excluding carboxylic acids is 1. The summed E-state index contributed by atoms with van der Waals surface area (Å²) in [5, 5.41) is 14.2. The number of carbonyl (C=O) groups is 1. The maximum absolute atomic E-state index is 11.5. The second-order valence-electron chi connectivity index (χ2n) is 4.02. The second-order valence-corrected chi connectivity index (χ2v) is 5.63. The van der Waals surface area contributed by atoms with Gasteiger partial charge in [-0.1, -0.05) is 41.0 Å². The maximum atomic E-state index is 11.5. The minimum Gasteiger partial charge on any atom is -0.462 e. The third-order valence-corrected chi connectivity index (χ3v) is 3.72. The van der Waals surface area contributed by atoms with E-state index in [9.17, 15) is 4.79 Å². The number of rotatable bonds is 5. The summed E-state index contributed by atoms with van der Waals surface area (Å²) in [5.74, 6) is -0.726. The van der Waals surface area contributed by atoms with Gasteiger partial charge in [-0.3, -0.25) is 5.43 Å². The fourth-order valence-corrected chi connectivity index (χ4v) is 2.17. The topological polar surface area (TPSA) is 86.8 Å². The molecule has 9 heteroatoms. The van der Waals surface area contributed by atoms with Crippen LogP contribution in [-0.2, 0) is 9.53 Å². The fraction of sp³-hybridized carbons (Fsp3) is 0.200. The van der Waals surface area contributed by atoms with Crippen molar-refractivity contribution in [3.05, 3.63) is 45.6 Å². The van der Waals surface area contributed by atoms with Crippen LogP contribution in [0.25, 0.3) is 0 Å². The van der Waals surface area contributed by atoms with Crippen molar-refractivity contribution in [3.8, 4) is 6.07 Å². The van der Waals surface area contributed by atoms with Crippen LogP contribution < -0.4 is 5.43 Å². The first-order valence-electron chi connectivity index (χ1n) is 6.65. The summed E-state index contributed by atoms with van der Waals surface area (Å²) >= 11 is 13.3. The Bertz CT molecular complexity index is 706. The summed E-state index contributed by atoms with van der Waals surface area (Å²) in [6.07, 6.45) is 4.33. The molecular weight excluding hydrogens is 371 g/mol. The SMILES string of the molecule is CCOC(=O)/C(C#N)=C/N=C(NN=Cc1c(Cl)cccc1Cl)SC. The van der Waals surface area contributed by atoms with Crippen LogP contribution in [0, 0.1) is 11.3 Å². The lowest BCUT2D eigenvalue weighted by atomic mass is 10.2. The van der Waals surface area contributed by atoms with Gasteiger partial charge in [-0.15, -0.1) is 0 Å². The molecule has 0 radical (unpaired) electrons. The van der Waals surface area contributed by atoms with Gasteiger partial charge in [0.25, 0.3) is 0 Å². The highest BCUT2D eigenvalue weighted by atomic mass is 35.5. The monoisotopic (exact) mass is 384 g/mol. The van der Waals surface area contributed by atoms with E-state index in [0.717, 1.165) is 6.20 Å². The molecule has 0 bridgehead atoms. The summed E-state index contributed by atoms with van der Waals surface area (Å²) in [6, 6.07) is 6.85. The van der Waals surface area contributed by atoms with Gasteiger partial charge in [0.2, 0.25) is 0 Å². The van der Waals surface area contributed by atoms with Crippen LogP contribution in [0.4, 0.5) is 0 Å². The van der Waals surface area contributed by atoms with Crippen molar-refractivity contribution in [1.82, 2.24) is 5.43 Å². The molecule has 0 spiro atoms. The maximum Gasteiger partial charge on any atom is 0.350 e. The molecular formula is C15H14Cl2N4O2S. The number of benzene rings is 1. The second kappa shape index (κ2) is 10.7. The predicted molar refractivity (Wildman–Crippen MR) is 98.5 cm³/mol. The number of esters is 1. The zero-order valence-electron chi connectivity index (χ0n) is 12.9. The van der Waals surface area contributed by atoms with Gasteiger partial charge in [-0.2, -0.15) is 10.4 Å². The molecule has 1 aromatic rings. The van der Waals surface area contributed by atoms with Crippen LogP contribution in [-0.4, -0.2) is 30.2 Å². The Morgan fingerprint density at radius 1 is 1.46 bits per heavy atom. The first kappa shape index (κ1) is 20.0. The van der Waals surface area contributed by atoms with Crippen molar-refractivity contribution in [2.75, 3.05) is 12.9 Å². The van der Waals surface area contributed by atoms with E-state index < -0.39 is 5.97 Å². The van der Waals surface area contributed by atoms with Crippen molar-refractivity contribution < 1.29 is 9.53 Å². The van der Waals surface area contributed by atoms with E-state index in [1.807, 2.05) is 0 Å². The average molecular weight is 385 g/mol. The molecule has 0 fully saturated rings. The van der Waals surface area contributed by atoms with Crippen molar-refractivity contribution >= 4 is 52.3 Å². The largest absolute Gasteiger partial charge is 0.462 e. The molecule has 0 aliphatic heterocycles. The first-order valence-corrected chi connectivity index (χ1v) is 8.63. The lowest BCUT2D eigenvalue weighted by Gasteiger charge is -2.02. The zero-order chi connectivity index (χ0) is 17.9. The van der Waals surface area contributed by atoms with E-state index in [1.54, 1.807) is 37.4 Å². The van der Waals surface area contributed by atoms with Crippen LogP contribution >= 0.6 is 35.0 Å². The van der Waals surface area contributed by atoms with Crippen molar-refractivity contribution in [2.24, 2.45) is 10.1 Å². The summed E-state index contributed by atoms with van der Waals surface area (Å²) in [4.78, 5) is 15.5. The Morgan fingerprint density at radius 2 is 2.12 bits per heavy atom. The van der Waals surface area contributed by atoms with Crippen LogP contribution in [0.15, 0.2) is 40.1 Å². The molecule has 126 valence electrons. The highest BCUT2D eigenvalue weighted by molar-refractivity contribution is 8.13. The molecule has 0 atom stereocenters. The number of halogens is 2. The number of nitrogens with zero attached hydrogens (tertiary/aromatic N) is 3. The number of amidine groups is 1. The third-order valence-electron chi connectivity index (χ3n) is 2.47. The van der Waals surface area contributed by atoms with Gasteiger partial charge in [0.05, 0.1) is 29.1 Å².